The van der Waals surface area contributed by atoms with Gasteiger partial charge in [0.1, 0.15) is 0 Å². The summed E-state index contributed by atoms with van der Waals surface area (Å²) in [5.74, 6) is 0.549. The zero-order valence-electron chi connectivity index (χ0n) is 10.6. The molecule has 3 N–H and O–H groups in total. The van der Waals surface area contributed by atoms with Gasteiger partial charge < -0.3 is 15.8 Å². The smallest absolute Gasteiger partial charge is 0.323 e. The van der Waals surface area contributed by atoms with Crippen LogP contribution in [-0.4, -0.2) is 21.1 Å². The zero-order valence-corrected chi connectivity index (χ0v) is 13.0. The molecular weight excluding hydrogens is 330 g/mol. The third-order valence-electron chi connectivity index (χ3n) is 2.02. The monoisotopic (exact) mass is 343 g/mol. The Labute approximate surface area is 123 Å². The summed E-state index contributed by atoms with van der Waals surface area (Å²) < 4.78 is 6.47. The molecule has 0 aromatic carbocycles. The van der Waals surface area contributed by atoms with Crippen LogP contribution in [0.4, 0.5) is 11.9 Å². The summed E-state index contributed by atoms with van der Waals surface area (Å²) in [4.78, 5) is 13.3. The molecule has 2 aromatic rings. The molecule has 102 valence electrons. The Morgan fingerprint density at radius 1 is 1.42 bits per heavy atom. The van der Waals surface area contributed by atoms with Crippen molar-refractivity contribution in [1.82, 2.24) is 15.0 Å². The molecule has 2 aromatic heterocycles. The minimum absolute atomic E-state index is 0.0112. The lowest BCUT2D eigenvalue weighted by Gasteiger charge is -2.09. The van der Waals surface area contributed by atoms with Gasteiger partial charge in [-0.15, -0.1) is 11.3 Å². The number of nitrogens with one attached hydrogen (secondary N) is 1. The van der Waals surface area contributed by atoms with Gasteiger partial charge in [-0.1, -0.05) is 0 Å². The van der Waals surface area contributed by atoms with Gasteiger partial charge in [0.25, 0.3) is 0 Å². The summed E-state index contributed by atoms with van der Waals surface area (Å²) in [6, 6.07) is 2.27. The lowest BCUT2D eigenvalue weighted by atomic mass is 10.5. The van der Waals surface area contributed by atoms with Gasteiger partial charge in [-0.2, -0.15) is 15.0 Å². The first-order chi connectivity index (χ1) is 9.02. The van der Waals surface area contributed by atoms with Crippen LogP contribution in [0.5, 0.6) is 6.01 Å². The average Bonchev–Trinajstić information content (AvgIpc) is 2.71. The normalized spacial score (nSPS) is 10.7. The van der Waals surface area contributed by atoms with Crippen molar-refractivity contribution >= 4 is 39.2 Å². The number of aromatic nitrogens is 3. The highest BCUT2D eigenvalue weighted by Gasteiger charge is 2.07. The van der Waals surface area contributed by atoms with Gasteiger partial charge in [0.2, 0.25) is 11.9 Å². The lowest BCUT2D eigenvalue weighted by molar-refractivity contribution is 0.222. The van der Waals surface area contributed by atoms with E-state index in [1.54, 1.807) is 11.3 Å². The van der Waals surface area contributed by atoms with Crippen molar-refractivity contribution in [3.8, 4) is 6.01 Å². The molecule has 0 saturated heterocycles. The van der Waals surface area contributed by atoms with Gasteiger partial charge in [0.15, 0.2) is 0 Å². The molecule has 0 aliphatic carbocycles. The molecular formula is C11H14BrN5OS. The van der Waals surface area contributed by atoms with Gasteiger partial charge in [-0.3, -0.25) is 0 Å². The van der Waals surface area contributed by atoms with E-state index in [0.29, 0.717) is 12.5 Å². The maximum Gasteiger partial charge on any atom is 0.323 e. The minimum Gasteiger partial charge on any atom is -0.461 e. The van der Waals surface area contributed by atoms with Gasteiger partial charge >= 0.3 is 6.01 Å². The topological polar surface area (TPSA) is 86.0 Å². The number of thiophene rings is 1. The van der Waals surface area contributed by atoms with E-state index in [0.717, 1.165) is 9.35 Å². The largest absolute Gasteiger partial charge is 0.461 e. The first-order valence-electron chi connectivity index (χ1n) is 5.68. The van der Waals surface area contributed by atoms with Gasteiger partial charge in [-0.05, 0) is 35.8 Å². The third kappa shape index (κ3) is 4.32. The SMILES string of the molecule is CC(C)Oc1nc(N)nc(NCc2cc(Br)cs2)n1. The van der Waals surface area contributed by atoms with Gasteiger partial charge in [0, 0.05) is 14.7 Å². The first kappa shape index (κ1) is 14.0. The Hall–Kier alpha value is -1.41. The molecule has 2 rings (SSSR count). The van der Waals surface area contributed by atoms with Crippen molar-refractivity contribution in [2.75, 3.05) is 11.1 Å². The Kier molecular flexibility index (Phi) is 4.54. The highest BCUT2D eigenvalue weighted by Crippen LogP contribution is 2.20. The lowest BCUT2D eigenvalue weighted by Crippen LogP contribution is -2.12. The van der Waals surface area contributed by atoms with Crippen LogP contribution in [0.1, 0.15) is 18.7 Å². The fourth-order valence-electron chi connectivity index (χ4n) is 1.33. The Morgan fingerprint density at radius 2 is 2.21 bits per heavy atom. The van der Waals surface area contributed by atoms with Crippen LogP contribution in [0.25, 0.3) is 0 Å². The van der Waals surface area contributed by atoms with E-state index in [1.807, 2.05) is 25.3 Å². The van der Waals surface area contributed by atoms with Crippen LogP contribution >= 0.6 is 27.3 Å². The van der Waals surface area contributed by atoms with Crippen molar-refractivity contribution in [1.29, 1.82) is 0 Å². The van der Waals surface area contributed by atoms with Crippen LogP contribution in [0, 0.1) is 0 Å². The summed E-state index contributed by atoms with van der Waals surface area (Å²) in [5.41, 5.74) is 5.62. The maximum absolute atomic E-state index is 5.62. The number of hydrogen-bond donors (Lipinski definition) is 2. The standard InChI is InChI=1S/C11H14BrN5OS/c1-6(2)18-11-16-9(13)15-10(17-11)14-4-8-3-7(12)5-19-8/h3,5-6H,4H2,1-2H3,(H3,13,14,15,16,17). The average molecular weight is 344 g/mol. The molecule has 0 atom stereocenters. The van der Waals surface area contributed by atoms with Crippen molar-refractivity contribution in [3.63, 3.8) is 0 Å². The third-order valence-corrected chi connectivity index (χ3v) is 3.71. The van der Waals surface area contributed by atoms with E-state index in [2.05, 4.69) is 36.2 Å². The molecule has 6 nitrogen and oxygen atoms in total. The van der Waals surface area contributed by atoms with Crippen LogP contribution < -0.4 is 15.8 Å². The van der Waals surface area contributed by atoms with E-state index in [4.69, 9.17) is 10.5 Å². The Morgan fingerprint density at radius 3 is 2.84 bits per heavy atom. The number of rotatable bonds is 5. The summed E-state index contributed by atoms with van der Waals surface area (Å²) in [6.45, 7) is 4.42. The first-order valence-corrected chi connectivity index (χ1v) is 7.35. The highest BCUT2D eigenvalue weighted by atomic mass is 79.9. The van der Waals surface area contributed by atoms with Crippen molar-refractivity contribution in [2.45, 2.75) is 26.5 Å². The second-order valence-corrected chi connectivity index (χ2v) is 5.96. The number of nitrogen functional groups attached to an aromatic ring is 1. The quantitative estimate of drug-likeness (QED) is 0.867. The van der Waals surface area contributed by atoms with Crippen LogP contribution in [0.2, 0.25) is 0 Å². The van der Waals surface area contributed by atoms with Gasteiger partial charge in [-0.25, -0.2) is 0 Å². The fourth-order valence-corrected chi connectivity index (χ4v) is 2.72. The Bertz CT molecular complexity index is 560. The predicted octanol–water partition coefficient (Wildman–Crippen LogP) is 2.68. The van der Waals surface area contributed by atoms with E-state index >= 15 is 0 Å². The van der Waals surface area contributed by atoms with E-state index < -0.39 is 0 Å². The number of hydrogen-bond acceptors (Lipinski definition) is 7. The van der Waals surface area contributed by atoms with Crippen molar-refractivity contribution < 1.29 is 4.74 Å². The predicted molar refractivity (Wildman–Crippen MR) is 79.3 cm³/mol. The van der Waals surface area contributed by atoms with E-state index in [1.165, 1.54) is 0 Å². The summed E-state index contributed by atoms with van der Waals surface area (Å²) in [5, 5.41) is 5.12. The van der Waals surface area contributed by atoms with Gasteiger partial charge in [0.05, 0.1) is 12.6 Å². The second-order valence-electron chi connectivity index (χ2n) is 4.05. The number of nitrogens with two attached hydrogens (primary N) is 1. The van der Waals surface area contributed by atoms with E-state index in [9.17, 15) is 0 Å². The highest BCUT2D eigenvalue weighted by molar-refractivity contribution is 9.10. The Balaban J connectivity index is 2.05. The molecule has 0 aliphatic rings. The molecule has 8 heteroatoms. The summed E-state index contributed by atoms with van der Waals surface area (Å²) >= 11 is 5.05. The molecule has 0 fully saturated rings. The molecule has 0 saturated carbocycles. The molecule has 0 aliphatic heterocycles. The van der Waals surface area contributed by atoms with Crippen LogP contribution in [-0.2, 0) is 6.54 Å². The fraction of sp³-hybridized carbons (Fsp3) is 0.364. The minimum atomic E-state index is -0.0112. The second kappa shape index (κ2) is 6.16. The number of nitrogens with zero attached hydrogens (tertiary/aromatic N) is 3. The number of anilines is 2. The maximum atomic E-state index is 5.62. The van der Waals surface area contributed by atoms with Crippen LogP contribution in [0.3, 0.4) is 0 Å². The summed E-state index contributed by atoms with van der Waals surface area (Å²) in [7, 11) is 0. The van der Waals surface area contributed by atoms with Crippen LogP contribution in [0.15, 0.2) is 15.9 Å². The molecule has 0 unspecified atom stereocenters. The molecule has 19 heavy (non-hydrogen) atoms. The van der Waals surface area contributed by atoms with Crippen molar-refractivity contribution in [2.24, 2.45) is 0 Å². The summed E-state index contributed by atoms with van der Waals surface area (Å²) in [6.07, 6.45) is -0.0112. The zero-order chi connectivity index (χ0) is 13.8. The van der Waals surface area contributed by atoms with Crippen molar-refractivity contribution in [3.05, 3.63) is 20.8 Å². The molecule has 0 spiro atoms. The van der Waals surface area contributed by atoms with E-state index in [-0.39, 0.29) is 18.1 Å². The number of halogens is 1. The molecule has 0 bridgehead atoms. The molecule has 2 heterocycles. The number of ether oxygens (including phenoxy) is 1. The molecule has 0 amide bonds. The molecule has 0 radical (unpaired) electrons.